The van der Waals surface area contributed by atoms with Crippen molar-refractivity contribution in [2.24, 2.45) is 0 Å². The summed E-state index contributed by atoms with van der Waals surface area (Å²) < 4.78 is 5.86. The van der Waals surface area contributed by atoms with Crippen molar-refractivity contribution in [1.29, 1.82) is 0 Å². The fraction of sp³-hybridized carbons (Fsp3) is 0.500. The van der Waals surface area contributed by atoms with Gasteiger partial charge in [-0.3, -0.25) is 4.79 Å². The van der Waals surface area contributed by atoms with Crippen molar-refractivity contribution < 1.29 is 24.5 Å². The molecule has 0 radical (unpaired) electrons. The van der Waals surface area contributed by atoms with Crippen molar-refractivity contribution in [2.75, 3.05) is 6.54 Å². The average molecular weight is 342 g/mol. The number of aliphatic hydroxyl groups is 1. The van der Waals surface area contributed by atoms with Crippen LogP contribution in [0, 0.1) is 0 Å². The van der Waals surface area contributed by atoms with E-state index < -0.39 is 24.0 Å². The first-order valence-electron chi connectivity index (χ1n) is 7.50. The van der Waals surface area contributed by atoms with Crippen LogP contribution < -0.4 is 10.1 Å². The molecule has 1 aliphatic carbocycles. The number of hydrogen-bond donors (Lipinski definition) is 3. The first-order valence-corrected chi connectivity index (χ1v) is 7.87. The van der Waals surface area contributed by atoms with Crippen LogP contribution in [0.2, 0.25) is 5.02 Å². The van der Waals surface area contributed by atoms with E-state index in [4.69, 9.17) is 21.4 Å². The lowest BCUT2D eigenvalue weighted by Gasteiger charge is -2.20. The summed E-state index contributed by atoms with van der Waals surface area (Å²) in [5.74, 6) is -1.54. The zero-order chi connectivity index (χ0) is 17.0. The Morgan fingerprint density at radius 3 is 2.65 bits per heavy atom. The van der Waals surface area contributed by atoms with E-state index in [9.17, 15) is 14.7 Å². The number of rotatable bonds is 6. The van der Waals surface area contributed by atoms with Gasteiger partial charge in [-0.25, -0.2) is 4.79 Å². The molecular formula is C16H20ClNO5. The first-order chi connectivity index (χ1) is 10.8. The van der Waals surface area contributed by atoms with E-state index in [-0.39, 0.29) is 11.7 Å². The van der Waals surface area contributed by atoms with Crippen LogP contribution in [0.5, 0.6) is 5.75 Å². The topological polar surface area (TPSA) is 95.9 Å². The molecule has 0 bridgehead atoms. The van der Waals surface area contributed by atoms with Gasteiger partial charge >= 0.3 is 5.97 Å². The summed E-state index contributed by atoms with van der Waals surface area (Å²) in [6.45, 7) is 0.695. The molecule has 0 saturated heterocycles. The molecule has 1 atom stereocenters. The Morgan fingerprint density at radius 1 is 1.39 bits per heavy atom. The molecule has 0 aliphatic heterocycles. The Bertz CT molecular complexity index is 596. The van der Waals surface area contributed by atoms with Crippen molar-refractivity contribution in [3.05, 3.63) is 28.8 Å². The number of halogens is 1. The van der Waals surface area contributed by atoms with Gasteiger partial charge < -0.3 is 20.3 Å². The molecule has 126 valence electrons. The monoisotopic (exact) mass is 341 g/mol. The highest BCUT2D eigenvalue weighted by Gasteiger charge is 2.31. The van der Waals surface area contributed by atoms with Gasteiger partial charge in [-0.2, -0.15) is 0 Å². The maximum Gasteiger partial charge on any atom is 0.337 e. The lowest BCUT2D eigenvalue weighted by molar-refractivity contribution is -0.155. The number of ether oxygens (including phenoxy) is 1. The molecule has 0 aromatic heterocycles. The fourth-order valence-corrected chi connectivity index (χ4v) is 2.56. The van der Waals surface area contributed by atoms with Crippen molar-refractivity contribution >= 4 is 23.5 Å². The molecule has 1 saturated carbocycles. The Labute approximate surface area is 139 Å². The van der Waals surface area contributed by atoms with Crippen LogP contribution in [0.15, 0.2) is 18.2 Å². The van der Waals surface area contributed by atoms with Gasteiger partial charge in [0, 0.05) is 5.02 Å². The third-order valence-electron chi connectivity index (χ3n) is 3.84. The second-order valence-electron chi connectivity index (χ2n) is 5.93. The number of carboxylic acids is 1. The number of carboxylic acid groups (broad SMARTS) is 1. The van der Waals surface area contributed by atoms with E-state index in [0.717, 1.165) is 32.6 Å². The normalized spacial score (nSPS) is 17.5. The number of aliphatic carboxylic acids is 1. The zero-order valence-electron chi connectivity index (χ0n) is 12.8. The minimum Gasteiger partial charge on any atom is -0.490 e. The molecule has 1 amide bonds. The summed E-state index contributed by atoms with van der Waals surface area (Å²) in [5, 5.41) is 21.3. The van der Waals surface area contributed by atoms with Crippen LogP contribution in [-0.4, -0.2) is 40.3 Å². The number of nitrogens with one attached hydrogen (secondary N) is 1. The largest absolute Gasteiger partial charge is 0.490 e. The van der Waals surface area contributed by atoms with Crippen LogP contribution in [0.1, 0.15) is 43.0 Å². The second kappa shape index (κ2) is 7.19. The van der Waals surface area contributed by atoms with Gasteiger partial charge in [-0.05, 0) is 50.8 Å². The van der Waals surface area contributed by atoms with Crippen molar-refractivity contribution in [2.45, 2.75) is 44.3 Å². The highest BCUT2D eigenvalue weighted by atomic mass is 35.5. The first kappa shape index (κ1) is 17.6. The number of carbonyl (C=O) groups is 2. The summed E-state index contributed by atoms with van der Waals surface area (Å²) in [7, 11) is 0. The second-order valence-corrected chi connectivity index (χ2v) is 6.36. The summed E-state index contributed by atoms with van der Waals surface area (Å²) in [6, 6.07) is 4.73. The molecule has 3 N–H and O–H groups in total. The number of carbonyl (C=O) groups excluding carboxylic acids is 1. The smallest absolute Gasteiger partial charge is 0.337 e. The number of amides is 1. The molecule has 0 heterocycles. The van der Waals surface area contributed by atoms with E-state index in [1.165, 1.54) is 6.07 Å². The Balaban J connectivity index is 2.11. The highest BCUT2D eigenvalue weighted by molar-refractivity contribution is 6.31. The summed E-state index contributed by atoms with van der Waals surface area (Å²) in [6.07, 6.45) is 4.15. The molecule has 7 heteroatoms. The standard InChI is InChI=1S/C16H20ClNO5/c1-16(22,15(20)21)9-18-14(19)12-8-10(17)6-7-13(12)23-11-4-2-3-5-11/h6-8,11,22H,2-5,9H2,1H3,(H,18,19)(H,20,21). The molecule has 23 heavy (non-hydrogen) atoms. The van der Waals surface area contributed by atoms with Crippen LogP contribution in [0.3, 0.4) is 0 Å². The van der Waals surface area contributed by atoms with Gasteiger partial charge in [0.05, 0.1) is 18.2 Å². The average Bonchev–Trinajstić information content (AvgIpc) is 2.99. The molecule has 0 spiro atoms. The van der Waals surface area contributed by atoms with Crippen molar-refractivity contribution in [3.8, 4) is 5.75 Å². The van der Waals surface area contributed by atoms with E-state index >= 15 is 0 Å². The molecule has 1 aromatic carbocycles. The molecule has 6 nitrogen and oxygen atoms in total. The summed E-state index contributed by atoms with van der Waals surface area (Å²) in [4.78, 5) is 23.2. The number of hydrogen-bond acceptors (Lipinski definition) is 4. The fourth-order valence-electron chi connectivity index (χ4n) is 2.39. The predicted molar refractivity (Wildman–Crippen MR) is 84.9 cm³/mol. The SMILES string of the molecule is CC(O)(CNC(=O)c1cc(Cl)ccc1OC1CCCC1)C(=O)O. The Hall–Kier alpha value is -1.79. The molecule has 1 aromatic rings. The quantitative estimate of drug-likeness (QED) is 0.737. The highest BCUT2D eigenvalue weighted by Crippen LogP contribution is 2.28. The zero-order valence-corrected chi connectivity index (χ0v) is 13.6. The predicted octanol–water partition coefficient (Wildman–Crippen LogP) is 2.23. The van der Waals surface area contributed by atoms with Crippen LogP contribution in [0.25, 0.3) is 0 Å². The summed E-state index contributed by atoms with van der Waals surface area (Å²) in [5.41, 5.74) is -1.81. The maximum atomic E-state index is 12.3. The molecule has 1 unspecified atom stereocenters. The minimum absolute atomic E-state index is 0.0739. The van der Waals surface area contributed by atoms with Gasteiger partial charge in [0.25, 0.3) is 5.91 Å². The number of benzene rings is 1. The van der Waals surface area contributed by atoms with Crippen LogP contribution in [-0.2, 0) is 4.79 Å². The Kier molecular flexibility index (Phi) is 5.49. The minimum atomic E-state index is -2.04. The molecular weight excluding hydrogens is 322 g/mol. The van der Waals surface area contributed by atoms with E-state index in [1.807, 2.05) is 0 Å². The maximum absolute atomic E-state index is 12.3. The van der Waals surface area contributed by atoms with Crippen LogP contribution >= 0.6 is 11.6 Å². The van der Waals surface area contributed by atoms with Crippen molar-refractivity contribution in [3.63, 3.8) is 0 Å². The lowest BCUT2D eigenvalue weighted by atomic mass is 10.1. The van der Waals surface area contributed by atoms with E-state index in [1.54, 1.807) is 12.1 Å². The van der Waals surface area contributed by atoms with E-state index in [2.05, 4.69) is 5.32 Å². The van der Waals surface area contributed by atoms with Crippen LogP contribution in [0.4, 0.5) is 0 Å². The van der Waals surface area contributed by atoms with E-state index in [0.29, 0.717) is 10.8 Å². The van der Waals surface area contributed by atoms with Crippen molar-refractivity contribution in [1.82, 2.24) is 5.32 Å². The Morgan fingerprint density at radius 2 is 2.04 bits per heavy atom. The van der Waals surface area contributed by atoms with Gasteiger partial charge in [0.15, 0.2) is 5.60 Å². The third kappa shape index (κ3) is 4.59. The van der Waals surface area contributed by atoms with Gasteiger partial charge in [0.1, 0.15) is 5.75 Å². The lowest BCUT2D eigenvalue weighted by Crippen LogP contribution is -2.46. The molecule has 1 aliphatic rings. The summed E-state index contributed by atoms with van der Waals surface area (Å²) >= 11 is 5.94. The molecule has 2 rings (SSSR count). The van der Waals surface area contributed by atoms with Gasteiger partial charge in [-0.1, -0.05) is 11.6 Å². The third-order valence-corrected chi connectivity index (χ3v) is 4.07. The van der Waals surface area contributed by atoms with Gasteiger partial charge in [-0.15, -0.1) is 0 Å². The molecule has 1 fully saturated rings. The van der Waals surface area contributed by atoms with Gasteiger partial charge in [0.2, 0.25) is 0 Å².